The van der Waals surface area contributed by atoms with E-state index in [-0.39, 0.29) is 0 Å². The highest BCUT2D eigenvalue weighted by Crippen LogP contribution is 2.27. The highest BCUT2D eigenvalue weighted by atomic mass is 35.5. The number of rotatable bonds is 7. The second kappa shape index (κ2) is 8.88. The second-order valence-corrected chi connectivity index (χ2v) is 6.90. The molecule has 1 aromatic heterocycles. The zero-order valence-electron chi connectivity index (χ0n) is 16.5. The lowest BCUT2D eigenvalue weighted by atomic mass is 10.2. The molecule has 0 bridgehead atoms. The number of ether oxygens (including phenoxy) is 3. The second-order valence-electron chi connectivity index (χ2n) is 6.47. The van der Waals surface area contributed by atoms with E-state index in [1.54, 1.807) is 26.4 Å². The molecule has 0 saturated heterocycles. The van der Waals surface area contributed by atoms with Gasteiger partial charge in [-0.2, -0.15) is 4.98 Å². The Balaban J connectivity index is 1.50. The van der Waals surface area contributed by atoms with E-state index in [4.69, 9.17) is 30.3 Å². The zero-order valence-corrected chi connectivity index (χ0v) is 17.2. The minimum Gasteiger partial charge on any atom is -0.497 e. The van der Waals surface area contributed by atoms with Gasteiger partial charge in [-0.3, -0.25) is 0 Å². The third-order valence-corrected chi connectivity index (χ3v) is 4.68. The highest BCUT2D eigenvalue weighted by Gasteiger charge is 2.11. The Hall–Kier alpha value is -3.51. The monoisotopic (exact) mass is 422 g/mol. The van der Waals surface area contributed by atoms with Crippen molar-refractivity contribution in [1.29, 1.82) is 0 Å². The summed E-state index contributed by atoms with van der Waals surface area (Å²) in [5, 5.41) is 4.73. The van der Waals surface area contributed by atoms with Gasteiger partial charge in [0.15, 0.2) is 0 Å². The Morgan fingerprint density at radius 1 is 0.833 bits per heavy atom. The van der Waals surface area contributed by atoms with Gasteiger partial charge in [0.25, 0.3) is 5.89 Å². The Labute approximate surface area is 179 Å². The van der Waals surface area contributed by atoms with Gasteiger partial charge in [0.05, 0.1) is 14.2 Å². The molecule has 3 aromatic carbocycles. The number of aromatic nitrogens is 2. The Morgan fingerprint density at radius 2 is 1.57 bits per heavy atom. The van der Waals surface area contributed by atoms with Gasteiger partial charge in [0.1, 0.15) is 23.9 Å². The maximum Gasteiger partial charge on any atom is 0.258 e. The summed E-state index contributed by atoms with van der Waals surface area (Å²) in [6.45, 7) is 0.360. The van der Waals surface area contributed by atoms with E-state index in [2.05, 4.69) is 10.1 Å². The molecule has 0 aliphatic rings. The van der Waals surface area contributed by atoms with Gasteiger partial charge in [0.2, 0.25) is 5.82 Å². The first-order valence-electron chi connectivity index (χ1n) is 9.19. The van der Waals surface area contributed by atoms with Crippen molar-refractivity contribution in [3.8, 4) is 40.1 Å². The Kier molecular flexibility index (Phi) is 5.86. The van der Waals surface area contributed by atoms with Gasteiger partial charge in [0, 0.05) is 22.2 Å². The van der Waals surface area contributed by atoms with Crippen LogP contribution >= 0.6 is 11.6 Å². The summed E-state index contributed by atoms with van der Waals surface area (Å²) in [5.41, 5.74) is 2.53. The average Bonchev–Trinajstić information content (AvgIpc) is 3.28. The van der Waals surface area contributed by atoms with Crippen LogP contribution in [0.2, 0.25) is 5.02 Å². The molecule has 152 valence electrons. The maximum absolute atomic E-state index is 5.95. The largest absolute Gasteiger partial charge is 0.497 e. The molecular formula is C23H19ClN2O4. The molecule has 30 heavy (non-hydrogen) atoms. The third-order valence-electron chi connectivity index (χ3n) is 4.43. The Morgan fingerprint density at radius 3 is 2.27 bits per heavy atom. The molecule has 1 heterocycles. The summed E-state index contributed by atoms with van der Waals surface area (Å²) in [7, 11) is 3.23. The van der Waals surface area contributed by atoms with Gasteiger partial charge >= 0.3 is 0 Å². The SMILES string of the molecule is COc1cc(COc2cccc(-c3noc(-c4ccc(Cl)cc4)n3)c2)cc(OC)c1. The molecule has 0 N–H and O–H groups in total. The van der Waals surface area contributed by atoms with Crippen LogP contribution in [0.1, 0.15) is 5.56 Å². The molecule has 0 unspecified atom stereocenters. The normalized spacial score (nSPS) is 10.6. The van der Waals surface area contributed by atoms with Gasteiger partial charge in [-0.1, -0.05) is 28.9 Å². The van der Waals surface area contributed by atoms with Crippen molar-refractivity contribution in [3.05, 3.63) is 77.3 Å². The molecule has 0 aliphatic heterocycles. The first kappa shape index (κ1) is 19.8. The van der Waals surface area contributed by atoms with Crippen LogP contribution in [0.25, 0.3) is 22.8 Å². The first-order valence-corrected chi connectivity index (χ1v) is 9.57. The molecular weight excluding hydrogens is 404 g/mol. The van der Waals surface area contributed by atoms with Crippen molar-refractivity contribution in [2.24, 2.45) is 0 Å². The topological polar surface area (TPSA) is 66.6 Å². The summed E-state index contributed by atoms with van der Waals surface area (Å²) in [4.78, 5) is 4.48. The number of nitrogens with zero attached hydrogens (tertiary/aromatic N) is 2. The van der Waals surface area contributed by atoms with Crippen molar-refractivity contribution >= 4 is 11.6 Å². The number of halogens is 1. The maximum atomic E-state index is 5.95. The highest BCUT2D eigenvalue weighted by molar-refractivity contribution is 6.30. The number of benzene rings is 3. The van der Waals surface area contributed by atoms with Crippen LogP contribution in [-0.2, 0) is 6.61 Å². The lowest BCUT2D eigenvalue weighted by molar-refractivity contribution is 0.304. The lowest BCUT2D eigenvalue weighted by Crippen LogP contribution is -1.97. The number of methoxy groups -OCH3 is 2. The summed E-state index contributed by atoms with van der Waals surface area (Å²) in [5.74, 6) is 3.02. The molecule has 0 atom stereocenters. The third kappa shape index (κ3) is 4.55. The molecule has 4 rings (SSSR count). The van der Waals surface area contributed by atoms with E-state index in [9.17, 15) is 0 Å². The fraction of sp³-hybridized carbons (Fsp3) is 0.130. The summed E-state index contributed by atoms with van der Waals surface area (Å²) in [6, 6.07) is 20.4. The van der Waals surface area contributed by atoms with Crippen molar-refractivity contribution in [3.63, 3.8) is 0 Å². The van der Waals surface area contributed by atoms with E-state index in [1.165, 1.54) is 0 Å². The molecule has 0 amide bonds. The fourth-order valence-electron chi connectivity index (χ4n) is 2.89. The van der Waals surface area contributed by atoms with Gasteiger partial charge in [-0.25, -0.2) is 0 Å². The number of hydrogen-bond acceptors (Lipinski definition) is 6. The van der Waals surface area contributed by atoms with Crippen molar-refractivity contribution < 1.29 is 18.7 Å². The molecule has 0 saturated carbocycles. The standard InChI is InChI=1S/C23H19ClN2O4/c1-27-20-10-15(11-21(13-20)28-2)14-29-19-5-3-4-17(12-19)22-25-23(30-26-22)16-6-8-18(24)9-7-16/h3-13H,14H2,1-2H3. The van der Waals surface area contributed by atoms with Gasteiger partial charge in [-0.15, -0.1) is 0 Å². The first-order chi connectivity index (χ1) is 14.6. The van der Waals surface area contributed by atoms with Crippen molar-refractivity contribution in [2.45, 2.75) is 6.61 Å². The molecule has 0 aliphatic carbocycles. The molecule has 7 heteroatoms. The van der Waals surface area contributed by atoms with Crippen LogP contribution < -0.4 is 14.2 Å². The molecule has 0 spiro atoms. The van der Waals surface area contributed by atoms with Crippen LogP contribution in [-0.4, -0.2) is 24.4 Å². The van der Waals surface area contributed by atoms with Crippen LogP contribution in [0.15, 0.2) is 71.3 Å². The molecule has 0 fully saturated rings. The number of hydrogen-bond donors (Lipinski definition) is 0. The van der Waals surface area contributed by atoms with Crippen LogP contribution in [0.4, 0.5) is 0 Å². The summed E-state index contributed by atoms with van der Waals surface area (Å²) in [6.07, 6.45) is 0. The van der Waals surface area contributed by atoms with Crippen LogP contribution in [0.3, 0.4) is 0 Å². The Bertz CT molecular complexity index is 1120. The predicted octanol–water partition coefficient (Wildman–Crippen LogP) is 5.65. The molecule has 4 aromatic rings. The smallest absolute Gasteiger partial charge is 0.258 e. The van der Waals surface area contributed by atoms with E-state index in [1.807, 2.05) is 54.6 Å². The summed E-state index contributed by atoms with van der Waals surface area (Å²) >= 11 is 5.93. The minimum atomic E-state index is 0.360. The summed E-state index contributed by atoms with van der Waals surface area (Å²) < 4.78 is 21.9. The average molecular weight is 423 g/mol. The van der Waals surface area contributed by atoms with E-state index < -0.39 is 0 Å². The van der Waals surface area contributed by atoms with Gasteiger partial charge < -0.3 is 18.7 Å². The van der Waals surface area contributed by atoms with Crippen molar-refractivity contribution in [2.75, 3.05) is 14.2 Å². The van der Waals surface area contributed by atoms with Crippen LogP contribution in [0.5, 0.6) is 17.2 Å². The zero-order chi connectivity index (χ0) is 20.9. The fourth-order valence-corrected chi connectivity index (χ4v) is 3.02. The quantitative estimate of drug-likeness (QED) is 0.383. The van der Waals surface area contributed by atoms with Gasteiger partial charge in [-0.05, 0) is 54.1 Å². The lowest BCUT2D eigenvalue weighted by Gasteiger charge is -2.10. The molecule has 0 radical (unpaired) electrons. The van der Waals surface area contributed by atoms with Crippen LogP contribution in [0, 0.1) is 0 Å². The van der Waals surface area contributed by atoms with E-state index >= 15 is 0 Å². The van der Waals surface area contributed by atoms with E-state index in [0.717, 1.165) is 16.7 Å². The predicted molar refractivity (Wildman–Crippen MR) is 114 cm³/mol. The van der Waals surface area contributed by atoms with E-state index in [0.29, 0.717) is 40.6 Å². The molecule has 6 nitrogen and oxygen atoms in total. The minimum absolute atomic E-state index is 0.360. The van der Waals surface area contributed by atoms with Crippen molar-refractivity contribution in [1.82, 2.24) is 10.1 Å².